The molecule has 0 amide bonds. The smallest absolute Gasteiger partial charge is 0.171 e. The van der Waals surface area contributed by atoms with Gasteiger partial charge in [-0.05, 0) is 61.1 Å². The molecule has 0 radical (unpaired) electrons. The fourth-order valence-electron chi connectivity index (χ4n) is 3.11. The van der Waals surface area contributed by atoms with Crippen molar-refractivity contribution in [1.82, 2.24) is 0 Å². The van der Waals surface area contributed by atoms with Crippen molar-refractivity contribution in [2.24, 2.45) is 0 Å². The molecule has 0 aliphatic heterocycles. The summed E-state index contributed by atoms with van der Waals surface area (Å²) < 4.78 is 82.7. The minimum absolute atomic E-state index is 0.395. The summed E-state index contributed by atoms with van der Waals surface area (Å²) in [5, 5.41) is 0. The van der Waals surface area contributed by atoms with Crippen LogP contribution in [0.1, 0.15) is 39.8 Å². The van der Waals surface area contributed by atoms with E-state index in [4.69, 9.17) is 0 Å². The molecule has 142 valence electrons. The summed E-state index contributed by atoms with van der Waals surface area (Å²) in [7, 11) is 0. The quantitative estimate of drug-likeness (QED) is 0.523. The maximum atomic E-state index is 14.2. The van der Waals surface area contributed by atoms with Crippen LogP contribution in [0.25, 0.3) is 0 Å². The molecule has 6 heteroatoms. The molecule has 0 aromatic heterocycles. The van der Waals surface area contributed by atoms with Gasteiger partial charge in [0.25, 0.3) is 0 Å². The second kappa shape index (κ2) is 6.63. The van der Waals surface area contributed by atoms with Crippen LogP contribution in [0.2, 0.25) is 0 Å². The Labute approximate surface area is 148 Å². The van der Waals surface area contributed by atoms with Crippen LogP contribution in [0.15, 0.2) is 36.4 Å². The highest BCUT2D eigenvalue weighted by Crippen LogP contribution is 2.52. The highest BCUT2D eigenvalue weighted by Gasteiger charge is 2.61. The molecule has 26 heavy (non-hydrogen) atoms. The lowest BCUT2D eigenvalue weighted by Gasteiger charge is -2.38. The predicted molar refractivity (Wildman–Crippen MR) is 89.3 cm³/mol. The molecule has 0 saturated heterocycles. The number of benzene rings is 2. The molecule has 0 spiro atoms. The summed E-state index contributed by atoms with van der Waals surface area (Å²) in [5.41, 5.74) is -1.47. The zero-order valence-corrected chi connectivity index (χ0v) is 14.9. The summed E-state index contributed by atoms with van der Waals surface area (Å²) >= 11 is 0. The van der Waals surface area contributed by atoms with E-state index in [0.29, 0.717) is 11.1 Å². The molecule has 0 atom stereocenters. The van der Waals surface area contributed by atoms with Crippen molar-refractivity contribution in [1.29, 1.82) is 0 Å². The van der Waals surface area contributed by atoms with Gasteiger partial charge in [-0.1, -0.05) is 36.4 Å². The summed E-state index contributed by atoms with van der Waals surface area (Å²) in [6.07, 6.45) is -12.1. The van der Waals surface area contributed by atoms with Crippen molar-refractivity contribution in [2.75, 3.05) is 0 Å². The van der Waals surface area contributed by atoms with Gasteiger partial charge >= 0.3 is 12.4 Å². The van der Waals surface area contributed by atoms with E-state index in [-0.39, 0.29) is 0 Å². The summed E-state index contributed by atoms with van der Waals surface area (Å²) in [6, 6.07) is 7.59. The maximum absolute atomic E-state index is 14.2. The molecule has 2 rings (SSSR count). The number of rotatable bonds is 3. The largest absolute Gasteiger partial charge is 0.402 e. The number of aryl methyl sites for hydroxylation is 4. The first-order chi connectivity index (χ1) is 11.8. The van der Waals surface area contributed by atoms with E-state index in [2.05, 4.69) is 0 Å². The molecular weight excluding hydrogens is 354 g/mol. The van der Waals surface area contributed by atoms with Crippen molar-refractivity contribution < 1.29 is 26.3 Å². The van der Waals surface area contributed by atoms with Gasteiger partial charge in [0.2, 0.25) is 0 Å². The van der Waals surface area contributed by atoms with Crippen molar-refractivity contribution in [2.45, 2.75) is 51.9 Å². The third kappa shape index (κ3) is 3.74. The Morgan fingerprint density at radius 2 is 1.00 bits per heavy atom. The Bertz CT molecular complexity index is 747. The summed E-state index contributed by atoms with van der Waals surface area (Å²) in [5.74, 6) is 0. The van der Waals surface area contributed by atoms with Gasteiger partial charge in [0.05, 0.1) is 6.42 Å². The maximum Gasteiger partial charge on any atom is 0.402 e. The summed E-state index contributed by atoms with van der Waals surface area (Å²) in [4.78, 5) is 0. The minimum Gasteiger partial charge on any atom is -0.171 e. The highest BCUT2D eigenvalue weighted by atomic mass is 19.4. The lowest BCUT2D eigenvalue weighted by Crippen LogP contribution is -2.47. The van der Waals surface area contributed by atoms with E-state index < -0.39 is 35.3 Å². The Balaban J connectivity index is 2.88. The zero-order chi connectivity index (χ0) is 19.9. The highest BCUT2D eigenvalue weighted by molar-refractivity contribution is 5.47. The van der Waals surface area contributed by atoms with Crippen LogP contribution in [-0.2, 0) is 5.41 Å². The van der Waals surface area contributed by atoms with Crippen LogP contribution in [0.4, 0.5) is 26.3 Å². The predicted octanol–water partition coefficient (Wildman–Crippen LogP) is 6.72. The molecule has 0 heterocycles. The number of hydrogen-bond acceptors (Lipinski definition) is 0. The first-order valence-corrected chi connectivity index (χ1v) is 8.07. The molecule has 2 aromatic carbocycles. The SMILES string of the molecule is Cc1ccc(C(CC(F)(F)F)(c2ccc(C)c(C)c2)C(F)(F)F)cc1C. The molecular formula is C20H20F6. The van der Waals surface area contributed by atoms with E-state index in [1.165, 1.54) is 24.3 Å². The fraction of sp³-hybridized carbons (Fsp3) is 0.400. The lowest BCUT2D eigenvalue weighted by atomic mass is 9.70. The third-order valence-corrected chi connectivity index (χ3v) is 4.95. The van der Waals surface area contributed by atoms with Crippen molar-refractivity contribution in [3.63, 3.8) is 0 Å². The van der Waals surface area contributed by atoms with Crippen LogP contribution in [-0.4, -0.2) is 12.4 Å². The molecule has 0 fully saturated rings. The van der Waals surface area contributed by atoms with Gasteiger partial charge in [0, 0.05) is 0 Å². The Morgan fingerprint density at radius 1 is 0.615 bits per heavy atom. The van der Waals surface area contributed by atoms with Gasteiger partial charge in [-0.3, -0.25) is 0 Å². The monoisotopic (exact) mass is 374 g/mol. The van der Waals surface area contributed by atoms with E-state index in [1.807, 2.05) is 0 Å². The van der Waals surface area contributed by atoms with Crippen LogP contribution in [0.5, 0.6) is 0 Å². The van der Waals surface area contributed by atoms with Crippen molar-refractivity contribution >= 4 is 0 Å². The average Bonchev–Trinajstić information content (AvgIpc) is 2.48. The topological polar surface area (TPSA) is 0 Å². The summed E-state index contributed by atoms with van der Waals surface area (Å²) in [6.45, 7) is 6.59. The van der Waals surface area contributed by atoms with Gasteiger partial charge in [-0.2, -0.15) is 26.3 Å². The second-order valence-corrected chi connectivity index (χ2v) is 6.79. The van der Waals surface area contributed by atoms with Gasteiger partial charge in [0.1, 0.15) is 5.41 Å². The van der Waals surface area contributed by atoms with E-state index in [0.717, 1.165) is 23.3 Å². The molecule has 0 aliphatic rings. The number of halogens is 6. The number of alkyl halides is 6. The van der Waals surface area contributed by atoms with Crippen LogP contribution < -0.4 is 0 Å². The Hall–Kier alpha value is -1.98. The second-order valence-electron chi connectivity index (χ2n) is 6.79. The third-order valence-electron chi connectivity index (χ3n) is 4.95. The molecule has 0 nitrogen and oxygen atoms in total. The van der Waals surface area contributed by atoms with Crippen LogP contribution in [0.3, 0.4) is 0 Å². The van der Waals surface area contributed by atoms with E-state index in [9.17, 15) is 26.3 Å². The Morgan fingerprint density at radius 3 is 1.27 bits per heavy atom. The van der Waals surface area contributed by atoms with Crippen LogP contribution >= 0.6 is 0 Å². The first-order valence-electron chi connectivity index (χ1n) is 8.07. The minimum atomic E-state index is -5.12. The normalized spacial score (nSPS) is 13.2. The molecule has 0 unspecified atom stereocenters. The van der Waals surface area contributed by atoms with Gasteiger partial charge in [-0.15, -0.1) is 0 Å². The molecule has 2 aromatic rings. The average molecular weight is 374 g/mol. The standard InChI is InChI=1S/C20H20F6/c1-12-5-7-16(9-14(12)3)18(20(24,25)26,11-19(21,22)23)17-8-6-13(2)15(4)10-17/h5-10H,11H2,1-4H3. The first kappa shape index (κ1) is 20.3. The number of hydrogen-bond donors (Lipinski definition) is 0. The van der Waals surface area contributed by atoms with Gasteiger partial charge in [-0.25, -0.2) is 0 Å². The van der Waals surface area contributed by atoms with Crippen molar-refractivity contribution in [3.05, 3.63) is 69.8 Å². The van der Waals surface area contributed by atoms with Gasteiger partial charge in [0.15, 0.2) is 0 Å². The lowest BCUT2D eigenvalue weighted by molar-refractivity contribution is -0.222. The van der Waals surface area contributed by atoms with Crippen molar-refractivity contribution in [3.8, 4) is 0 Å². The van der Waals surface area contributed by atoms with Crippen LogP contribution in [0, 0.1) is 27.7 Å². The zero-order valence-electron chi connectivity index (χ0n) is 14.9. The molecule has 0 saturated carbocycles. The Kier molecular flexibility index (Phi) is 5.19. The van der Waals surface area contributed by atoms with E-state index >= 15 is 0 Å². The molecule has 0 bridgehead atoms. The fourth-order valence-corrected chi connectivity index (χ4v) is 3.11. The van der Waals surface area contributed by atoms with E-state index in [1.54, 1.807) is 27.7 Å². The molecule has 0 N–H and O–H groups in total. The van der Waals surface area contributed by atoms with Gasteiger partial charge < -0.3 is 0 Å². The molecule has 0 aliphatic carbocycles.